The number of nitrogens with one attached hydrogen (secondary N) is 1. The maximum absolute atomic E-state index is 14.5. The number of halogens is 2. The van der Waals surface area contributed by atoms with Crippen LogP contribution >= 0.6 is 0 Å². The molecule has 1 unspecified atom stereocenters. The van der Waals surface area contributed by atoms with E-state index in [1.54, 1.807) is 32.9 Å². The zero-order chi connectivity index (χ0) is 22.5. The summed E-state index contributed by atoms with van der Waals surface area (Å²) in [5.74, 6) is -1.05. The van der Waals surface area contributed by atoms with Crippen molar-refractivity contribution in [1.29, 1.82) is 5.26 Å². The number of sulfone groups is 1. The van der Waals surface area contributed by atoms with Crippen LogP contribution < -0.4 is 5.32 Å². The highest BCUT2D eigenvalue weighted by Crippen LogP contribution is 2.34. The normalized spacial score (nSPS) is 16.2. The Morgan fingerprint density at radius 3 is 2.24 bits per heavy atom. The number of carbonyl (C=O) groups is 1. The number of alkyl halides is 1. The number of alkyl carbamates (subject to hydrolysis) is 1. The lowest BCUT2D eigenvalue weighted by Crippen LogP contribution is -2.49. The van der Waals surface area contributed by atoms with E-state index in [9.17, 15) is 27.3 Å². The van der Waals surface area contributed by atoms with E-state index in [1.807, 2.05) is 0 Å². The molecule has 0 radical (unpaired) electrons. The molecule has 1 aromatic rings. The minimum absolute atomic E-state index is 0.0745. The largest absolute Gasteiger partial charge is 0.444 e. The van der Waals surface area contributed by atoms with Crippen LogP contribution in [-0.4, -0.2) is 37.3 Å². The summed E-state index contributed by atoms with van der Waals surface area (Å²) in [5, 5.41) is 12.0. The first kappa shape index (κ1) is 24.8. The third-order valence-corrected chi connectivity index (χ3v) is 7.02. The van der Waals surface area contributed by atoms with Gasteiger partial charge in [0.2, 0.25) is 0 Å². The molecule has 9 heteroatoms. The van der Waals surface area contributed by atoms with E-state index in [0.29, 0.717) is 0 Å². The molecule has 0 heterocycles. The molecule has 6 nitrogen and oxygen atoms in total. The lowest BCUT2D eigenvalue weighted by atomic mass is 9.84. The zero-order valence-electron chi connectivity index (χ0n) is 17.4. The van der Waals surface area contributed by atoms with Crippen LogP contribution in [-0.2, 0) is 20.1 Å². The molecule has 0 aromatic heterocycles. The molecule has 0 saturated heterocycles. The quantitative estimate of drug-likeness (QED) is 0.672. The number of nitrogens with zero attached hydrogens (tertiary/aromatic N) is 1. The van der Waals surface area contributed by atoms with E-state index >= 15 is 0 Å². The van der Waals surface area contributed by atoms with Crippen molar-refractivity contribution < 1.29 is 26.7 Å². The highest BCUT2D eigenvalue weighted by atomic mass is 32.2. The summed E-state index contributed by atoms with van der Waals surface area (Å²) in [4.78, 5) is 12.4. The molecule has 1 amide bonds. The lowest BCUT2D eigenvalue weighted by Gasteiger charge is -2.35. The summed E-state index contributed by atoms with van der Waals surface area (Å²) in [6, 6.07) is 7.24. The summed E-state index contributed by atoms with van der Waals surface area (Å²) in [7, 11) is -4.07. The summed E-state index contributed by atoms with van der Waals surface area (Å²) < 4.78 is 56.0. The molecular formula is C20H28F2N2O4S. The van der Waals surface area contributed by atoms with Crippen molar-refractivity contribution in [3.63, 3.8) is 0 Å². The van der Waals surface area contributed by atoms with Gasteiger partial charge in [0.05, 0.1) is 11.6 Å². The van der Waals surface area contributed by atoms with E-state index < -0.39 is 56.5 Å². The van der Waals surface area contributed by atoms with Crippen LogP contribution in [0, 0.1) is 17.1 Å². The molecule has 162 valence electrons. The summed E-state index contributed by atoms with van der Waals surface area (Å²) in [6.07, 6.45) is -1.48. The van der Waals surface area contributed by atoms with Gasteiger partial charge in [-0.25, -0.2) is 22.0 Å². The average Bonchev–Trinajstić information content (AvgIpc) is 2.61. The fourth-order valence-electron chi connectivity index (χ4n) is 2.89. The van der Waals surface area contributed by atoms with Gasteiger partial charge in [0.1, 0.15) is 18.1 Å². The molecule has 0 aliphatic rings. The van der Waals surface area contributed by atoms with E-state index in [-0.39, 0.29) is 12.0 Å². The van der Waals surface area contributed by atoms with Gasteiger partial charge in [-0.2, -0.15) is 5.26 Å². The van der Waals surface area contributed by atoms with Crippen LogP contribution in [0.15, 0.2) is 24.3 Å². The Balaban J connectivity index is 3.34. The molecule has 29 heavy (non-hydrogen) atoms. The van der Waals surface area contributed by atoms with Crippen molar-refractivity contribution in [2.45, 2.75) is 63.3 Å². The predicted molar refractivity (Wildman–Crippen MR) is 106 cm³/mol. The van der Waals surface area contributed by atoms with Gasteiger partial charge in [0.25, 0.3) is 0 Å². The Kier molecular flexibility index (Phi) is 7.77. The Hall–Kier alpha value is -2.21. The van der Waals surface area contributed by atoms with Crippen molar-refractivity contribution in [3.8, 4) is 6.07 Å². The number of hydrogen-bond acceptors (Lipinski definition) is 5. The van der Waals surface area contributed by atoms with Crippen molar-refractivity contribution >= 4 is 15.9 Å². The molecule has 0 spiro atoms. The van der Waals surface area contributed by atoms with Crippen LogP contribution in [0.5, 0.6) is 0 Å². The summed E-state index contributed by atoms with van der Waals surface area (Å²) in [6.45, 7) is 6.37. The van der Waals surface area contributed by atoms with Gasteiger partial charge in [-0.15, -0.1) is 0 Å². The zero-order valence-corrected chi connectivity index (χ0v) is 18.2. The minimum Gasteiger partial charge on any atom is -0.444 e. The van der Waals surface area contributed by atoms with Crippen LogP contribution in [0.1, 0.15) is 53.0 Å². The minimum atomic E-state index is -4.07. The Morgan fingerprint density at radius 2 is 1.79 bits per heavy atom. The predicted octanol–water partition coefficient (Wildman–Crippen LogP) is 4.01. The molecule has 1 N–H and O–H groups in total. The van der Waals surface area contributed by atoms with Gasteiger partial charge in [-0.1, -0.05) is 25.1 Å². The standard InChI is InChI=1S/C20H28F2N2O4S/c1-6-29(26,27)20(13-21,14-23)12-11-19(5,15-9-7-8-10-16(15)22)24-17(25)28-18(2,3)4/h7-10H,6,11-13H2,1-5H3,(H,24,25)/t19-,20?/m0/s1. The van der Waals surface area contributed by atoms with E-state index in [0.717, 1.165) is 0 Å². The molecular weight excluding hydrogens is 402 g/mol. The monoisotopic (exact) mass is 430 g/mol. The smallest absolute Gasteiger partial charge is 0.408 e. The number of ether oxygens (including phenoxy) is 1. The number of carbonyl (C=O) groups excluding carboxylic acids is 1. The number of nitriles is 1. The van der Waals surface area contributed by atoms with Gasteiger partial charge >= 0.3 is 6.09 Å². The Bertz CT molecular complexity index is 877. The van der Waals surface area contributed by atoms with Gasteiger partial charge < -0.3 is 10.1 Å². The van der Waals surface area contributed by atoms with Gasteiger partial charge in [-0.05, 0) is 46.6 Å². The van der Waals surface area contributed by atoms with Crippen molar-refractivity contribution in [1.82, 2.24) is 5.32 Å². The molecule has 0 saturated carbocycles. The molecule has 1 rings (SSSR count). The van der Waals surface area contributed by atoms with Gasteiger partial charge in [0.15, 0.2) is 14.6 Å². The van der Waals surface area contributed by atoms with Crippen LogP contribution in [0.25, 0.3) is 0 Å². The first-order valence-electron chi connectivity index (χ1n) is 9.21. The van der Waals surface area contributed by atoms with Gasteiger partial charge in [-0.3, -0.25) is 0 Å². The first-order valence-corrected chi connectivity index (χ1v) is 10.9. The summed E-state index contributed by atoms with van der Waals surface area (Å²) in [5.41, 5.74) is -2.18. The van der Waals surface area contributed by atoms with Crippen molar-refractivity contribution in [2.75, 3.05) is 12.4 Å². The molecule has 0 aliphatic heterocycles. The van der Waals surface area contributed by atoms with Crippen LogP contribution in [0.2, 0.25) is 0 Å². The third-order valence-electron chi connectivity index (χ3n) is 4.67. The SMILES string of the molecule is CCS(=O)(=O)C(C#N)(CF)CC[C@](C)(NC(=O)OC(C)(C)C)c1ccccc1F. The fraction of sp³-hybridized carbons (Fsp3) is 0.600. The Morgan fingerprint density at radius 1 is 1.21 bits per heavy atom. The number of benzene rings is 1. The highest BCUT2D eigenvalue weighted by Gasteiger charge is 2.46. The molecule has 1 aromatic carbocycles. The fourth-order valence-corrected chi connectivity index (χ4v) is 4.16. The highest BCUT2D eigenvalue weighted by molar-refractivity contribution is 7.93. The van der Waals surface area contributed by atoms with Crippen LogP contribution in [0.4, 0.5) is 13.6 Å². The second-order valence-corrected chi connectivity index (χ2v) is 10.7. The number of amides is 1. The molecule has 0 aliphatic carbocycles. The van der Waals surface area contributed by atoms with E-state index in [2.05, 4.69) is 5.32 Å². The van der Waals surface area contributed by atoms with Crippen molar-refractivity contribution in [2.24, 2.45) is 0 Å². The lowest BCUT2D eigenvalue weighted by molar-refractivity contribution is 0.0451. The number of hydrogen-bond donors (Lipinski definition) is 1. The molecule has 2 atom stereocenters. The van der Waals surface area contributed by atoms with E-state index in [1.165, 1.54) is 32.0 Å². The third kappa shape index (κ3) is 5.89. The second-order valence-electron chi connectivity index (χ2n) is 8.08. The van der Waals surface area contributed by atoms with Gasteiger partial charge in [0, 0.05) is 11.3 Å². The topological polar surface area (TPSA) is 96.3 Å². The summed E-state index contributed by atoms with van der Waals surface area (Å²) >= 11 is 0. The van der Waals surface area contributed by atoms with Crippen molar-refractivity contribution in [3.05, 3.63) is 35.6 Å². The molecule has 0 fully saturated rings. The average molecular weight is 431 g/mol. The molecule has 0 bridgehead atoms. The second kappa shape index (κ2) is 9.08. The van der Waals surface area contributed by atoms with E-state index in [4.69, 9.17) is 4.74 Å². The first-order chi connectivity index (χ1) is 13.3. The van der Waals surface area contributed by atoms with Crippen LogP contribution in [0.3, 0.4) is 0 Å². The Labute approximate surface area is 171 Å². The number of rotatable bonds is 8. The maximum atomic E-state index is 14.5. The maximum Gasteiger partial charge on any atom is 0.408 e.